The van der Waals surface area contributed by atoms with E-state index in [0.29, 0.717) is 6.04 Å². The van der Waals surface area contributed by atoms with Gasteiger partial charge in [0.25, 0.3) is 0 Å². The molecule has 0 aromatic carbocycles. The Bertz CT molecular complexity index is 121. The first-order valence-electron chi connectivity index (χ1n) is 6.03. The number of nitrogens with zero attached hydrogens (tertiary/aromatic N) is 1. The smallest absolute Gasteiger partial charge is 0.00619 e. The number of rotatable bonds is 8. The Balaban J connectivity index is 3.52. The van der Waals surface area contributed by atoms with Crippen LogP contribution in [0.4, 0.5) is 0 Å². The molecule has 1 N–H and O–H groups in total. The fraction of sp³-hybridized carbons (Fsp3) is 1.00. The van der Waals surface area contributed by atoms with Gasteiger partial charge in [0.15, 0.2) is 0 Å². The normalized spacial score (nSPS) is 15.9. The van der Waals surface area contributed by atoms with Crippen molar-refractivity contribution in [2.24, 2.45) is 0 Å². The van der Waals surface area contributed by atoms with Gasteiger partial charge in [0.2, 0.25) is 0 Å². The predicted octanol–water partition coefficient (Wildman–Crippen LogP) is 2.49. The van der Waals surface area contributed by atoms with E-state index in [9.17, 15) is 0 Å². The average molecular weight is 200 g/mol. The minimum absolute atomic E-state index is 0.709. The molecule has 14 heavy (non-hydrogen) atoms. The Kier molecular flexibility index (Phi) is 8.20. The van der Waals surface area contributed by atoms with E-state index < -0.39 is 0 Å². The lowest BCUT2D eigenvalue weighted by molar-refractivity contribution is 0.243. The summed E-state index contributed by atoms with van der Waals surface area (Å²) in [4.78, 5) is 2.46. The molecule has 2 nitrogen and oxygen atoms in total. The van der Waals surface area contributed by atoms with Crippen LogP contribution in [-0.2, 0) is 0 Å². The van der Waals surface area contributed by atoms with Crippen LogP contribution in [0, 0.1) is 0 Å². The van der Waals surface area contributed by atoms with Crippen molar-refractivity contribution >= 4 is 0 Å². The first kappa shape index (κ1) is 13.9. The van der Waals surface area contributed by atoms with Crippen LogP contribution in [0.5, 0.6) is 0 Å². The third-order valence-electron chi connectivity index (χ3n) is 3.31. The van der Waals surface area contributed by atoms with Crippen LogP contribution >= 0.6 is 0 Å². The van der Waals surface area contributed by atoms with Gasteiger partial charge < -0.3 is 10.2 Å². The summed E-state index contributed by atoms with van der Waals surface area (Å²) in [6.07, 6.45) is 5.09. The van der Waals surface area contributed by atoms with Crippen molar-refractivity contribution in [1.29, 1.82) is 0 Å². The van der Waals surface area contributed by atoms with Gasteiger partial charge in [-0.15, -0.1) is 0 Å². The molecular formula is C12H28N2. The van der Waals surface area contributed by atoms with E-state index in [1.54, 1.807) is 0 Å². The van der Waals surface area contributed by atoms with Crippen LogP contribution < -0.4 is 5.32 Å². The fourth-order valence-electron chi connectivity index (χ4n) is 1.67. The van der Waals surface area contributed by atoms with Gasteiger partial charge >= 0.3 is 0 Å². The molecule has 0 amide bonds. The van der Waals surface area contributed by atoms with Crippen LogP contribution in [0.25, 0.3) is 0 Å². The third-order valence-corrected chi connectivity index (χ3v) is 3.31. The quantitative estimate of drug-likeness (QED) is 0.647. The van der Waals surface area contributed by atoms with Gasteiger partial charge in [-0.25, -0.2) is 0 Å². The Hall–Kier alpha value is -0.0800. The standard InChI is InChI=1S/C12H28N2/c1-6-11(3)14(5)10-8-9-12(7-2)13-4/h11-13H,6-10H2,1-5H3. The monoisotopic (exact) mass is 200 g/mol. The van der Waals surface area contributed by atoms with Crippen molar-refractivity contribution in [2.75, 3.05) is 20.6 Å². The number of nitrogens with one attached hydrogen (secondary N) is 1. The summed E-state index contributed by atoms with van der Waals surface area (Å²) in [6, 6.07) is 1.44. The summed E-state index contributed by atoms with van der Waals surface area (Å²) in [5.41, 5.74) is 0. The van der Waals surface area contributed by atoms with Gasteiger partial charge in [-0.05, 0) is 53.2 Å². The molecule has 0 saturated heterocycles. The molecule has 0 rings (SSSR count). The van der Waals surface area contributed by atoms with Gasteiger partial charge in [0.05, 0.1) is 0 Å². The van der Waals surface area contributed by atoms with Gasteiger partial charge in [-0.2, -0.15) is 0 Å². The van der Waals surface area contributed by atoms with E-state index in [1.807, 2.05) is 0 Å². The van der Waals surface area contributed by atoms with Gasteiger partial charge in [-0.3, -0.25) is 0 Å². The Labute approximate surface area is 90.1 Å². The maximum Gasteiger partial charge on any atom is 0.00619 e. The van der Waals surface area contributed by atoms with E-state index >= 15 is 0 Å². The van der Waals surface area contributed by atoms with Crippen molar-refractivity contribution in [3.8, 4) is 0 Å². The van der Waals surface area contributed by atoms with Crippen LogP contribution in [-0.4, -0.2) is 37.6 Å². The molecule has 0 bridgehead atoms. The summed E-state index contributed by atoms with van der Waals surface area (Å²) in [6.45, 7) is 8.03. The molecule has 0 aliphatic carbocycles. The van der Waals surface area contributed by atoms with E-state index in [4.69, 9.17) is 0 Å². The molecule has 86 valence electrons. The molecule has 0 heterocycles. The molecule has 2 heteroatoms. The molecule has 2 unspecified atom stereocenters. The van der Waals surface area contributed by atoms with Crippen LogP contribution in [0.15, 0.2) is 0 Å². The van der Waals surface area contributed by atoms with Crippen LogP contribution in [0.2, 0.25) is 0 Å². The lowest BCUT2D eigenvalue weighted by atomic mass is 10.1. The SMILES string of the molecule is CCC(CCCN(C)C(C)CC)NC. The molecule has 0 aromatic rings. The van der Waals surface area contributed by atoms with E-state index in [1.165, 1.54) is 32.2 Å². The number of hydrogen-bond acceptors (Lipinski definition) is 2. The van der Waals surface area contributed by atoms with Gasteiger partial charge in [0, 0.05) is 12.1 Å². The van der Waals surface area contributed by atoms with Gasteiger partial charge in [0.1, 0.15) is 0 Å². The average Bonchev–Trinajstić information content (AvgIpc) is 2.22. The molecule has 0 saturated carbocycles. The summed E-state index contributed by atoms with van der Waals surface area (Å²) in [5.74, 6) is 0. The Morgan fingerprint density at radius 2 is 1.86 bits per heavy atom. The van der Waals surface area contributed by atoms with Crippen molar-refractivity contribution in [3.63, 3.8) is 0 Å². The van der Waals surface area contributed by atoms with Crippen molar-refractivity contribution in [2.45, 2.75) is 58.5 Å². The van der Waals surface area contributed by atoms with E-state index in [2.05, 4.69) is 45.1 Å². The molecule has 0 radical (unpaired) electrons. The molecule has 0 spiro atoms. The van der Waals surface area contributed by atoms with Gasteiger partial charge in [-0.1, -0.05) is 13.8 Å². The molecule has 0 fully saturated rings. The Morgan fingerprint density at radius 1 is 1.21 bits per heavy atom. The number of hydrogen-bond donors (Lipinski definition) is 1. The zero-order valence-electron chi connectivity index (χ0n) is 10.6. The highest BCUT2D eigenvalue weighted by atomic mass is 15.1. The maximum atomic E-state index is 3.35. The second-order valence-corrected chi connectivity index (χ2v) is 4.27. The second kappa shape index (κ2) is 8.25. The lowest BCUT2D eigenvalue weighted by Gasteiger charge is -2.24. The summed E-state index contributed by atoms with van der Waals surface area (Å²) >= 11 is 0. The molecular weight excluding hydrogens is 172 g/mol. The summed E-state index contributed by atoms with van der Waals surface area (Å²) in [7, 11) is 4.29. The Morgan fingerprint density at radius 3 is 2.29 bits per heavy atom. The summed E-state index contributed by atoms with van der Waals surface area (Å²) in [5, 5.41) is 3.35. The largest absolute Gasteiger partial charge is 0.317 e. The van der Waals surface area contributed by atoms with E-state index in [-0.39, 0.29) is 0 Å². The highest BCUT2D eigenvalue weighted by Gasteiger charge is 2.07. The first-order chi connectivity index (χ1) is 6.65. The minimum Gasteiger partial charge on any atom is -0.317 e. The zero-order chi connectivity index (χ0) is 11.0. The molecule has 0 aliphatic heterocycles. The molecule has 2 atom stereocenters. The first-order valence-corrected chi connectivity index (χ1v) is 6.03. The van der Waals surface area contributed by atoms with Crippen LogP contribution in [0.1, 0.15) is 46.5 Å². The highest BCUT2D eigenvalue weighted by molar-refractivity contribution is 4.65. The zero-order valence-corrected chi connectivity index (χ0v) is 10.6. The van der Waals surface area contributed by atoms with E-state index in [0.717, 1.165) is 6.04 Å². The minimum atomic E-state index is 0.709. The van der Waals surface area contributed by atoms with Crippen molar-refractivity contribution < 1.29 is 0 Å². The fourth-order valence-corrected chi connectivity index (χ4v) is 1.67. The second-order valence-electron chi connectivity index (χ2n) is 4.27. The van der Waals surface area contributed by atoms with Crippen molar-refractivity contribution in [3.05, 3.63) is 0 Å². The highest BCUT2D eigenvalue weighted by Crippen LogP contribution is 2.05. The van der Waals surface area contributed by atoms with Crippen molar-refractivity contribution in [1.82, 2.24) is 10.2 Å². The topological polar surface area (TPSA) is 15.3 Å². The molecule has 0 aliphatic rings. The summed E-state index contributed by atoms with van der Waals surface area (Å²) < 4.78 is 0. The lowest BCUT2D eigenvalue weighted by Crippen LogP contribution is -2.31. The maximum absolute atomic E-state index is 3.35. The predicted molar refractivity (Wildman–Crippen MR) is 64.8 cm³/mol. The van der Waals surface area contributed by atoms with Crippen LogP contribution in [0.3, 0.4) is 0 Å². The molecule has 0 aromatic heterocycles. The third kappa shape index (κ3) is 5.61.